The van der Waals surface area contributed by atoms with E-state index in [2.05, 4.69) is 0 Å². The first-order valence-corrected chi connectivity index (χ1v) is 11.8. The Labute approximate surface area is 194 Å². The van der Waals surface area contributed by atoms with E-state index in [1.165, 1.54) is 24.3 Å². The zero-order valence-corrected chi connectivity index (χ0v) is 19.0. The van der Waals surface area contributed by atoms with Gasteiger partial charge in [-0.15, -0.1) is 0 Å². The van der Waals surface area contributed by atoms with Gasteiger partial charge in [0.2, 0.25) is 0 Å². The summed E-state index contributed by atoms with van der Waals surface area (Å²) in [6, 6.07) is 5.59. The van der Waals surface area contributed by atoms with Gasteiger partial charge in [-0.1, -0.05) is 25.5 Å². The van der Waals surface area contributed by atoms with Crippen LogP contribution in [-0.4, -0.2) is 65.5 Å². The normalized spacial score (nSPS) is 29.4. The summed E-state index contributed by atoms with van der Waals surface area (Å²) >= 11 is 0. The smallest absolute Gasteiger partial charge is 0.332 e. The second-order valence-electron chi connectivity index (χ2n) is 9.03. The van der Waals surface area contributed by atoms with Crippen molar-refractivity contribution in [3.63, 3.8) is 0 Å². The maximum absolute atomic E-state index is 13.0. The molecule has 0 bridgehead atoms. The van der Waals surface area contributed by atoms with Crippen LogP contribution in [0.25, 0.3) is 0 Å². The predicted octanol–water partition coefficient (Wildman–Crippen LogP) is 3.18. The second-order valence-corrected chi connectivity index (χ2v) is 9.03. The number of aliphatic hydroxyl groups is 2. The van der Waals surface area contributed by atoms with Crippen LogP contribution in [0.1, 0.15) is 39.0 Å². The van der Waals surface area contributed by atoms with Crippen LogP contribution in [0.3, 0.4) is 0 Å². The zero-order valence-electron chi connectivity index (χ0n) is 19.0. The number of rotatable bonds is 11. The number of carboxylic acid groups (broad SMARTS) is 1. The van der Waals surface area contributed by atoms with E-state index in [1.54, 1.807) is 6.08 Å². The summed E-state index contributed by atoms with van der Waals surface area (Å²) < 4.78 is 30.2. The van der Waals surface area contributed by atoms with E-state index in [1.807, 2.05) is 13.0 Å². The molecule has 3 rings (SSSR count). The van der Waals surface area contributed by atoms with Crippen LogP contribution in [0.2, 0.25) is 0 Å². The van der Waals surface area contributed by atoms with Crippen LogP contribution in [0.4, 0.5) is 4.39 Å². The van der Waals surface area contributed by atoms with Gasteiger partial charge in [0.1, 0.15) is 24.3 Å². The minimum atomic E-state index is -0.932. The Kier molecular flexibility index (Phi) is 9.67. The summed E-state index contributed by atoms with van der Waals surface area (Å²) in [4.78, 5) is 11.3. The molecule has 1 heterocycles. The highest BCUT2D eigenvalue weighted by molar-refractivity contribution is 5.72. The summed E-state index contributed by atoms with van der Waals surface area (Å²) in [5.74, 6) is -0.710. The van der Waals surface area contributed by atoms with E-state index in [0.29, 0.717) is 31.8 Å². The molecule has 8 heteroatoms. The number of hydrogen-bond acceptors (Lipinski definition) is 6. The second kappa shape index (κ2) is 12.5. The maximum Gasteiger partial charge on any atom is 0.332 e. The predicted molar refractivity (Wildman–Crippen MR) is 119 cm³/mol. The summed E-state index contributed by atoms with van der Waals surface area (Å²) in [7, 11) is 0. The van der Waals surface area contributed by atoms with Gasteiger partial charge in [0, 0.05) is 18.3 Å². The number of carbonyl (C=O) groups is 1. The first-order valence-electron chi connectivity index (χ1n) is 11.8. The van der Waals surface area contributed by atoms with Gasteiger partial charge >= 0.3 is 5.97 Å². The lowest BCUT2D eigenvalue weighted by molar-refractivity contribution is -0.152. The first kappa shape index (κ1) is 25.6. The van der Waals surface area contributed by atoms with Crippen molar-refractivity contribution in [3.05, 3.63) is 42.2 Å². The molecule has 7 nitrogen and oxygen atoms in total. The van der Waals surface area contributed by atoms with Crippen LogP contribution in [0.5, 0.6) is 5.75 Å². The number of hydrogen-bond donors (Lipinski definition) is 3. The van der Waals surface area contributed by atoms with Crippen molar-refractivity contribution in [2.75, 3.05) is 19.8 Å². The number of ether oxygens (including phenoxy) is 3. The van der Waals surface area contributed by atoms with E-state index in [4.69, 9.17) is 14.2 Å². The highest BCUT2D eigenvalue weighted by atomic mass is 19.1. The fraction of sp³-hybridized carbons (Fsp3) is 0.640. The van der Waals surface area contributed by atoms with Gasteiger partial charge in [-0.05, 0) is 49.4 Å². The SMILES string of the molecule is CCCC(OC[C@@H]1CC[C@@H]2[C@@H](C=C[C@@H](O)COc3ccc(F)cc3)[C@H](O)C[C@@H]2OC1)C(=O)O. The van der Waals surface area contributed by atoms with Crippen LogP contribution in [-0.2, 0) is 14.3 Å². The molecular weight excluding hydrogens is 431 g/mol. The average molecular weight is 467 g/mol. The van der Waals surface area contributed by atoms with Gasteiger partial charge in [-0.2, -0.15) is 0 Å². The molecule has 184 valence electrons. The van der Waals surface area contributed by atoms with Crippen molar-refractivity contribution in [2.24, 2.45) is 17.8 Å². The number of halogens is 1. The molecule has 1 aromatic carbocycles. The van der Waals surface area contributed by atoms with Crippen molar-refractivity contribution in [1.82, 2.24) is 0 Å². The van der Waals surface area contributed by atoms with E-state index in [-0.39, 0.29) is 36.3 Å². The molecule has 1 aromatic rings. The monoisotopic (exact) mass is 466 g/mol. The topological polar surface area (TPSA) is 105 Å². The van der Waals surface area contributed by atoms with Crippen LogP contribution < -0.4 is 4.74 Å². The minimum Gasteiger partial charge on any atom is -0.491 e. The Balaban J connectivity index is 1.49. The Morgan fingerprint density at radius 2 is 2.06 bits per heavy atom. The van der Waals surface area contributed by atoms with Crippen molar-refractivity contribution in [1.29, 1.82) is 0 Å². The molecule has 3 N–H and O–H groups in total. The molecule has 1 unspecified atom stereocenters. The number of benzene rings is 1. The van der Waals surface area contributed by atoms with Crippen molar-refractivity contribution >= 4 is 5.97 Å². The highest BCUT2D eigenvalue weighted by Gasteiger charge is 2.43. The van der Waals surface area contributed by atoms with E-state index in [0.717, 1.165) is 19.3 Å². The van der Waals surface area contributed by atoms with Gasteiger partial charge in [0.25, 0.3) is 0 Å². The molecule has 0 spiro atoms. The molecule has 0 radical (unpaired) electrons. The lowest BCUT2D eigenvalue weighted by atomic mass is 9.87. The third-order valence-corrected chi connectivity index (χ3v) is 6.49. The highest BCUT2D eigenvalue weighted by Crippen LogP contribution is 2.41. The Morgan fingerprint density at radius 3 is 2.76 bits per heavy atom. The van der Waals surface area contributed by atoms with Gasteiger partial charge < -0.3 is 29.5 Å². The average Bonchev–Trinajstić information content (AvgIpc) is 2.95. The van der Waals surface area contributed by atoms with Crippen LogP contribution >= 0.6 is 0 Å². The molecule has 1 saturated carbocycles. The molecule has 0 amide bonds. The number of carboxylic acids is 1. The molecule has 7 atom stereocenters. The molecule has 2 aliphatic rings. The lowest BCUT2D eigenvalue weighted by Gasteiger charge is -2.21. The zero-order chi connectivity index (χ0) is 23.8. The summed E-state index contributed by atoms with van der Waals surface area (Å²) in [6.45, 7) is 2.79. The van der Waals surface area contributed by atoms with Gasteiger partial charge in [-0.25, -0.2) is 9.18 Å². The Bertz CT molecular complexity index is 769. The number of aliphatic hydroxyl groups excluding tert-OH is 2. The first-order chi connectivity index (χ1) is 15.9. The minimum absolute atomic E-state index is 0.0253. The van der Waals surface area contributed by atoms with Crippen molar-refractivity contribution in [3.8, 4) is 5.75 Å². The Morgan fingerprint density at radius 1 is 1.30 bits per heavy atom. The van der Waals surface area contributed by atoms with Crippen molar-refractivity contribution < 1.29 is 38.7 Å². The standard InChI is InChI=1S/C25H35FO7/c1-2-3-23(25(29)30)32-13-16-4-10-21-20(22(28)12-24(21)33-14-16)11-7-18(27)15-31-19-8-5-17(26)6-9-19/h5-9,11,16,18,20-24,27-28H,2-4,10,12-15H2,1H3,(H,29,30)/t16-,18+,20+,21+,22+,23?,24-/m0/s1. The lowest BCUT2D eigenvalue weighted by Crippen LogP contribution is -2.27. The molecule has 2 fully saturated rings. The molecule has 1 aliphatic carbocycles. The molecular formula is C25H35FO7. The number of fused-ring (bicyclic) bond motifs is 1. The third kappa shape index (κ3) is 7.50. The molecule has 1 aliphatic heterocycles. The van der Waals surface area contributed by atoms with Gasteiger partial charge in [0.15, 0.2) is 6.10 Å². The summed E-state index contributed by atoms with van der Waals surface area (Å²) in [6.07, 6.45) is 4.63. The largest absolute Gasteiger partial charge is 0.491 e. The van der Waals surface area contributed by atoms with Gasteiger partial charge in [-0.3, -0.25) is 0 Å². The summed E-state index contributed by atoms with van der Waals surface area (Å²) in [5.41, 5.74) is 0. The van der Waals surface area contributed by atoms with Crippen LogP contribution in [0, 0.1) is 23.6 Å². The van der Waals surface area contributed by atoms with Crippen LogP contribution in [0.15, 0.2) is 36.4 Å². The summed E-state index contributed by atoms with van der Waals surface area (Å²) in [5, 5.41) is 30.1. The fourth-order valence-corrected chi connectivity index (χ4v) is 4.66. The van der Waals surface area contributed by atoms with E-state index < -0.39 is 24.3 Å². The maximum atomic E-state index is 13.0. The number of aliphatic carboxylic acids is 1. The molecule has 1 saturated heterocycles. The molecule has 0 aromatic heterocycles. The van der Waals surface area contributed by atoms with E-state index >= 15 is 0 Å². The third-order valence-electron chi connectivity index (χ3n) is 6.49. The molecule has 33 heavy (non-hydrogen) atoms. The van der Waals surface area contributed by atoms with E-state index in [9.17, 15) is 24.5 Å². The van der Waals surface area contributed by atoms with Crippen molar-refractivity contribution in [2.45, 2.75) is 63.4 Å². The quantitative estimate of drug-likeness (QED) is 0.430. The van der Waals surface area contributed by atoms with Gasteiger partial charge in [0.05, 0.1) is 25.4 Å². The Hall–Kier alpha value is -2.00. The fourth-order valence-electron chi connectivity index (χ4n) is 4.66.